The van der Waals surface area contributed by atoms with Gasteiger partial charge in [-0.25, -0.2) is 4.98 Å². The highest BCUT2D eigenvalue weighted by atomic mass is 16.5. The fourth-order valence-corrected chi connectivity index (χ4v) is 3.12. The average Bonchev–Trinajstić information content (AvgIpc) is 3.36. The zero-order valence-electron chi connectivity index (χ0n) is 15.3. The van der Waals surface area contributed by atoms with Crippen molar-refractivity contribution in [3.05, 3.63) is 23.0 Å². The molecule has 2 aromatic heterocycles. The Labute approximate surface area is 148 Å². The maximum Gasteiger partial charge on any atom is 0.259 e. The lowest BCUT2D eigenvalue weighted by Crippen LogP contribution is -2.40. The number of hydrogen-bond donors (Lipinski definition) is 2. The maximum atomic E-state index is 13.0. The second-order valence-corrected chi connectivity index (χ2v) is 7.32. The first kappa shape index (κ1) is 17.9. The Hall–Kier alpha value is -1.95. The number of fused-ring (bicyclic) bond motifs is 1. The van der Waals surface area contributed by atoms with E-state index in [1.807, 2.05) is 19.9 Å². The Kier molecular flexibility index (Phi) is 5.37. The number of nitrogens with two attached hydrogens (primary N) is 1. The standard InChI is InChI=1S/C19H28N4O2/c1-4-5-6-13(10-20)21-18(24)14-9-15(12-7-8-12)22-19-16(14)17(11(2)3)23-25-19/h9,11-13H,4-8,10,20H2,1-3H3,(H,21,24). The number of hydrogen-bond acceptors (Lipinski definition) is 5. The molecule has 0 spiro atoms. The third-order valence-corrected chi connectivity index (χ3v) is 4.81. The van der Waals surface area contributed by atoms with Crippen molar-refractivity contribution in [3.8, 4) is 0 Å². The largest absolute Gasteiger partial charge is 0.348 e. The highest BCUT2D eigenvalue weighted by molar-refractivity contribution is 6.06. The smallest absolute Gasteiger partial charge is 0.259 e. The van der Waals surface area contributed by atoms with Gasteiger partial charge < -0.3 is 15.6 Å². The van der Waals surface area contributed by atoms with Crippen molar-refractivity contribution < 1.29 is 9.32 Å². The van der Waals surface area contributed by atoms with Gasteiger partial charge in [0.15, 0.2) is 0 Å². The van der Waals surface area contributed by atoms with Gasteiger partial charge in [-0.15, -0.1) is 0 Å². The van der Waals surface area contributed by atoms with E-state index in [2.05, 4.69) is 22.4 Å². The van der Waals surface area contributed by atoms with Crippen LogP contribution in [0.2, 0.25) is 0 Å². The second kappa shape index (κ2) is 7.52. The third kappa shape index (κ3) is 3.84. The first-order valence-electron chi connectivity index (χ1n) is 9.36. The van der Waals surface area contributed by atoms with E-state index in [0.717, 1.165) is 48.9 Å². The highest BCUT2D eigenvalue weighted by Gasteiger charge is 2.29. The zero-order chi connectivity index (χ0) is 18.0. The Morgan fingerprint density at radius 3 is 2.80 bits per heavy atom. The molecule has 1 saturated carbocycles. The van der Waals surface area contributed by atoms with Gasteiger partial charge in [0.05, 0.1) is 16.6 Å². The second-order valence-electron chi connectivity index (χ2n) is 7.32. The van der Waals surface area contributed by atoms with E-state index in [0.29, 0.717) is 23.7 Å². The van der Waals surface area contributed by atoms with Crippen molar-refractivity contribution in [2.24, 2.45) is 5.73 Å². The average molecular weight is 344 g/mol. The first-order chi connectivity index (χ1) is 12.0. The molecule has 2 aromatic rings. The summed E-state index contributed by atoms with van der Waals surface area (Å²) in [5.74, 6) is 0.492. The van der Waals surface area contributed by atoms with Crippen LogP contribution in [0.25, 0.3) is 11.1 Å². The fourth-order valence-electron chi connectivity index (χ4n) is 3.12. The van der Waals surface area contributed by atoms with E-state index in [-0.39, 0.29) is 17.9 Å². The van der Waals surface area contributed by atoms with Crippen LogP contribution < -0.4 is 11.1 Å². The molecule has 3 N–H and O–H groups in total. The van der Waals surface area contributed by atoms with Crippen molar-refractivity contribution in [1.82, 2.24) is 15.5 Å². The molecule has 1 unspecified atom stereocenters. The summed E-state index contributed by atoms with van der Waals surface area (Å²) in [6.07, 6.45) is 5.26. The predicted octanol–water partition coefficient (Wildman–Crippen LogP) is 3.47. The summed E-state index contributed by atoms with van der Waals surface area (Å²) in [6, 6.07) is 1.91. The number of unbranched alkanes of at least 4 members (excludes halogenated alkanes) is 1. The number of nitrogens with one attached hydrogen (secondary N) is 1. The van der Waals surface area contributed by atoms with Crippen molar-refractivity contribution >= 4 is 17.0 Å². The lowest BCUT2D eigenvalue weighted by molar-refractivity contribution is 0.0937. The lowest BCUT2D eigenvalue weighted by Gasteiger charge is -2.17. The summed E-state index contributed by atoms with van der Waals surface area (Å²) < 4.78 is 5.45. The molecule has 25 heavy (non-hydrogen) atoms. The van der Waals surface area contributed by atoms with E-state index in [1.165, 1.54) is 0 Å². The third-order valence-electron chi connectivity index (χ3n) is 4.81. The normalized spacial score (nSPS) is 15.7. The number of nitrogens with zero attached hydrogens (tertiary/aromatic N) is 2. The minimum Gasteiger partial charge on any atom is -0.348 e. The fraction of sp³-hybridized carbons (Fsp3) is 0.632. The summed E-state index contributed by atoms with van der Waals surface area (Å²) in [5, 5.41) is 8.00. The minimum absolute atomic E-state index is 0.0117. The molecule has 1 aliphatic rings. The Balaban J connectivity index is 1.97. The van der Waals surface area contributed by atoms with Crippen LogP contribution in [0.5, 0.6) is 0 Å². The van der Waals surface area contributed by atoms with Crippen molar-refractivity contribution in [2.75, 3.05) is 6.54 Å². The maximum absolute atomic E-state index is 13.0. The lowest BCUT2D eigenvalue weighted by atomic mass is 10.0. The van der Waals surface area contributed by atoms with Crippen LogP contribution in [-0.4, -0.2) is 28.6 Å². The van der Waals surface area contributed by atoms with Crippen LogP contribution in [0.15, 0.2) is 10.6 Å². The van der Waals surface area contributed by atoms with Crippen LogP contribution in [0.3, 0.4) is 0 Å². The van der Waals surface area contributed by atoms with E-state index in [4.69, 9.17) is 10.3 Å². The monoisotopic (exact) mass is 344 g/mol. The molecule has 6 nitrogen and oxygen atoms in total. The highest BCUT2D eigenvalue weighted by Crippen LogP contribution is 2.41. The molecule has 2 heterocycles. The van der Waals surface area contributed by atoms with Crippen LogP contribution >= 0.6 is 0 Å². The van der Waals surface area contributed by atoms with Crippen LogP contribution in [-0.2, 0) is 0 Å². The van der Waals surface area contributed by atoms with Crippen LogP contribution in [0.1, 0.15) is 86.5 Å². The SMILES string of the molecule is CCCCC(CN)NC(=O)c1cc(C2CC2)nc2onc(C(C)C)c12. The molecule has 6 heteroatoms. The number of carbonyl (C=O) groups excluding carboxylic acids is 1. The zero-order valence-corrected chi connectivity index (χ0v) is 15.3. The molecule has 0 aliphatic heterocycles. The predicted molar refractivity (Wildman–Crippen MR) is 97.7 cm³/mol. The summed E-state index contributed by atoms with van der Waals surface area (Å²) in [6.45, 7) is 6.65. The summed E-state index contributed by atoms with van der Waals surface area (Å²) >= 11 is 0. The van der Waals surface area contributed by atoms with Gasteiger partial charge >= 0.3 is 0 Å². The number of pyridine rings is 1. The molecule has 0 aromatic carbocycles. The van der Waals surface area contributed by atoms with Gasteiger partial charge in [0.1, 0.15) is 0 Å². The summed E-state index contributed by atoms with van der Waals surface area (Å²) in [5.41, 5.74) is 8.64. The quantitative estimate of drug-likeness (QED) is 0.764. The summed E-state index contributed by atoms with van der Waals surface area (Å²) in [4.78, 5) is 17.6. The summed E-state index contributed by atoms with van der Waals surface area (Å²) in [7, 11) is 0. The Morgan fingerprint density at radius 1 is 1.44 bits per heavy atom. The van der Waals surface area contributed by atoms with E-state index in [1.54, 1.807) is 0 Å². The van der Waals surface area contributed by atoms with Crippen molar-refractivity contribution in [1.29, 1.82) is 0 Å². The molecular weight excluding hydrogens is 316 g/mol. The number of carbonyl (C=O) groups is 1. The van der Waals surface area contributed by atoms with Gasteiger partial charge in [0, 0.05) is 24.2 Å². The molecule has 1 atom stereocenters. The molecule has 0 radical (unpaired) electrons. The van der Waals surface area contributed by atoms with Gasteiger partial charge in [0.25, 0.3) is 11.6 Å². The number of amides is 1. The van der Waals surface area contributed by atoms with Crippen LogP contribution in [0.4, 0.5) is 0 Å². The van der Waals surface area contributed by atoms with E-state index in [9.17, 15) is 4.79 Å². The molecular formula is C19H28N4O2. The topological polar surface area (TPSA) is 94.0 Å². The first-order valence-corrected chi connectivity index (χ1v) is 9.36. The van der Waals surface area contributed by atoms with Gasteiger partial charge in [-0.2, -0.15) is 0 Å². The van der Waals surface area contributed by atoms with Crippen LogP contribution in [0, 0.1) is 0 Å². The molecule has 1 fully saturated rings. The molecule has 0 bridgehead atoms. The van der Waals surface area contributed by atoms with Gasteiger partial charge in [-0.3, -0.25) is 4.79 Å². The molecule has 136 valence electrons. The molecule has 3 rings (SSSR count). The molecule has 1 amide bonds. The van der Waals surface area contributed by atoms with E-state index >= 15 is 0 Å². The molecule has 1 aliphatic carbocycles. The molecule has 0 saturated heterocycles. The van der Waals surface area contributed by atoms with E-state index < -0.39 is 0 Å². The Bertz CT molecular complexity index is 749. The Morgan fingerprint density at radius 2 is 2.20 bits per heavy atom. The van der Waals surface area contributed by atoms with Gasteiger partial charge in [-0.1, -0.05) is 38.8 Å². The minimum atomic E-state index is -0.106. The number of rotatable bonds is 8. The van der Waals surface area contributed by atoms with Crippen molar-refractivity contribution in [2.45, 2.75) is 70.8 Å². The van der Waals surface area contributed by atoms with Gasteiger partial charge in [0.2, 0.25) is 0 Å². The number of aromatic nitrogens is 2. The van der Waals surface area contributed by atoms with Crippen molar-refractivity contribution in [3.63, 3.8) is 0 Å². The van der Waals surface area contributed by atoms with Gasteiger partial charge in [-0.05, 0) is 31.2 Å².